The number of aliphatic hydroxyl groups excluding tert-OH is 2. The lowest BCUT2D eigenvalue weighted by atomic mass is 9.93. The Labute approximate surface area is 186 Å². The molecule has 9 heteroatoms. The number of hydrogen-bond acceptors (Lipinski definition) is 6. The molecule has 3 aromatic rings. The number of carbonyl (C=O) groups is 2. The molecule has 0 aliphatic carbocycles. The number of para-hydroxylation sites is 2. The van der Waals surface area contributed by atoms with E-state index in [1.54, 1.807) is 24.3 Å². The second-order valence-corrected chi connectivity index (χ2v) is 7.28. The molecule has 1 heterocycles. The van der Waals surface area contributed by atoms with Crippen LogP contribution >= 0.6 is 0 Å². The molecule has 4 rings (SSSR count). The monoisotopic (exact) mass is 454 g/mol. The van der Waals surface area contributed by atoms with E-state index >= 15 is 0 Å². The normalized spacial score (nSPS) is 13.1. The molecule has 0 radical (unpaired) electrons. The van der Waals surface area contributed by atoms with Crippen molar-refractivity contribution in [3.05, 3.63) is 106 Å². The molecular weight excluding hydrogens is 437 g/mol. The minimum atomic E-state index is -1.59. The number of carbonyl (C=O) groups excluding carboxylic acids is 2. The Morgan fingerprint density at radius 1 is 0.879 bits per heavy atom. The van der Waals surface area contributed by atoms with Crippen molar-refractivity contribution >= 4 is 22.9 Å². The van der Waals surface area contributed by atoms with Crippen molar-refractivity contribution in [3.8, 4) is 0 Å². The molecular formula is C24H17F3N2O4. The van der Waals surface area contributed by atoms with Crippen LogP contribution in [0.25, 0.3) is 0 Å². The van der Waals surface area contributed by atoms with Crippen molar-refractivity contribution in [2.75, 3.05) is 17.2 Å². The maximum Gasteiger partial charge on any atom is 0.203 e. The first-order valence-corrected chi connectivity index (χ1v) is 9.80. The van der Waals surface area contributed by atoms with E-state index in [1.807, 2.05) is 0 Å². The lowest BCUT2D eigenvalue weighted by Crippen LogP contribution is -2.22. The van der Waals surface area contributed by atoms with Crippen molar-refractivity contribution in [3.63, 3.8) is 0 Å². The fraction of sp³-hybridized carbons (Fsp3) is 0.0833. The zero-order valence-electron chi connectivity index (χ0n) is 16.9. The maximum atomic E-state index is 14.4. The number of nitrogens with one attached hydrogen (secondary N) is 2. The summed E-state index contributed by atoms with van der Waals surface area (Å²) >= 11 is 0. The maximum absolute atomic E-state index is 14.4. The van der Waals surface area contributed by atoms with Gasteiger partial charge in [-0.15, -0.1) is 0 Å². The van der Waals surface area contributed by atoms with Gasteiger partial charge in [-0.25, -0.2) is 13.2 Å². The number of hydrogen-bond donors (Lipinski definition) is 4. The van der Waals surface area contributed by atoms with E-state index in [9.17, 15) is 33.0 Å². The Kier molecular flexibility index (Phi) is 5.99. The van der Waals surface area contributed by atoms with Gasteiger partial charge in [0.05, 0.1) is 23.5 Å². The molecule has 0 aromatic heterocycles. The van der Waals surface area contributed by atoms with Crippen LogP contribution in [-0.2, 0) is 0 Å². The van der Waals surface area contributed by atoms with Gasteiger partial charge in [0, 0.05) is 11.6 Å². The van der Waals surface area contributed by atoms with Gasteiger partial charge in [0.2, 0.25) is 11.6 Å². The molecule has 1 aliphatic rings. The molecule has 1 atom stereocenters. The van der Waals surface area contributed by atoms with Crippen molar-refractivity contribution in [1.82, 2.24) is 0 Å². The summed E-state index contributed by atoms with van der Waals surface area (Å²) in [7, 11) is 0. The highest BCUT2D eigenvalue weighted by Crippen LogP contribution is 2.33. The molecule has 0 saturated heterocycles. The minimum absolute atomic E-state index is 0.0623. The third-order valence-corrected chi connectivity index (χ3v) is 5.09. The quantitative estimate of drug-likeness (QED) is 0.148. The van der Waals surface area contributed by atoms with Gasteiger partial charge in [-0.2, -0.15) is 0 Å². The van der Waals surface area contributed by atoms with E-state index in [0.717, 1.165) is 0 Å². The minimum Gasteiger partial charge on any atom is -0.393 e. The van der Waals surface area contributed by atoms with Gasteiger partial charge in [0.15, 0.2) is 11.6 Å². The smallest absolute Gasteiger partial charge is 0.203 e. The van der Waals surface area contributed by atoms with E-state index in [0.29, 0.717) is 23.5 Å². The molecule has 0 saturated carbocycles. The van der Waals surface area contributed by atoms with Gasteiger partial charge in [0.25, 0.3) is 0 Å². The van der Waals surface area contributed by atoms with Crippen LogP contribution in [0, 0.1) is 17.5 Å². The Morgan fingerprint density at radius 3 is 2.18 bits per heavy atom. The summed E-state index contributed by atoms with van der Waals surface area (Å²) in [4.78, 5) is 26.7. The fourth-order valence-corrected chi connectivity index (χ4v) is 3.45. The third kappa shape index (κ3) is 4.23. The summed E-state index contributed by atoms with van der Waals surface area (Å²) in [6.07, 6.45) is -1.27. The Bertz CT molecular complexity index is 1280. The van der Waals surface area contributed by atoms with Gasteiger partial charge < -0.3 is 20.8 Å². The topological polar surface area (TPSA) is 98.7 Å². The highest BCUT2D eigenvalue weighted by molar-refractivity contribution is 6.32. The number of fused-ring (bicyclic) bond motifs is 1. The summed E-state index contributed by atoms with van der Waals surface area (Å²) in [5.74, 6) is -6.57. The van der Waals surface area contributed by atoms with Gasteiger partial charge in [0.1, 0.15) is 23.3 Å². The van der Waals surface area contributed by atoms with Crippen LogP contribution in [0.15, 0.2) is 72.1 Å². The van der Waals surface area contributed by atoms with E-state index in [2.05, 4.69) is 10.6 Å². The van der Waals surface area contributed by atoms with Crippen LogP contribution in [0.4, 0.5) is 24.5 Å². The number of benzene rings is 3. The van der Waals surface area contributed by atoms with Crippen molar-refractivity contribution in [2.24, 2.45) is 0 Å². The molecule has 1 aliphatic heterocycles. The molecule has 33 heavy (non-hydrogen) atoms. The number of rotatable bonds is 6. The second-order valence-electron chi connectivity index (χ2n) is 7.28. The summed E-state index contributed by atoms with van der Waals surface area (Å²) in [6.45, 7) is -0.600. The van der Waals surface area contributed by atoms with Crippen molar-refractivity contribution < 1.29 is 33.0 Å². The average Bonchev–Trinajstić information content (AvgIpc) is 3.24. The molecule has 0 fully saturated rings. The van der Waals surface area contributed by atoms with Crippen LogP contribution in [-0.4, -0.2) is 28.4 Å². The molecule has 4 N–H and O–H groups in total. The number of anilines is 2. The molecule has 1 unspecified atom stereocenters. The zero-order chi connectivity index (χ0) is 23.7. The Morgan fingerprint density at radius 2 is 1.55 bits per heavy atom. The number of ketones is 2. The Hall–Kier alpha value is -3.95. The van der Waals surface area contributed by atoms with Crippen LogP contribution in [0.5, 0.6) is 0 Å². The number of halogens is 3. The van der Waals surface area contributed by atoms with E-state index in [1.165, 1.54) is 24.3 Å². The predicted molar refractivity (Wildman–Crippen MR) is 114 cm³/mol. The summed E-state index contributed by atoms with van der Waals surface area (Å²) in [5.41, 5.74) is -0.339. The summed E-state index contributed by atoms with van der Waals surface area (Å²) in [6, 6.07) is 13.1. The number of allylic oxidation sites excluding steroid dienone is 1. The van der Waals surface area contributed by atoms with Crippen LogP contribution in [0.1, 0.15) is 32.4 Å². The van der Waals surface area contributed by atoms with Gasteiger partial charge in [-0.05, 0) is 29.8 Å². The van der Waals surface area contributed by atoms with Crippen LogP contribution in [0.3, 0.4) is 0 Å². The highest BCUT2D eigenvalue weighted by Gasteiger charge is 2.32. The number of Topliss-reactive ketones (excluding diaryl/α,β-unsaturated/α-hetero) is 2. The van der Waals surface area contributed by atoms with E-state index < -0.39 is 52.9 Å². The average molecular weight is 454 g/mol. The van der Waals surface area contributed by atoms with E-state index in [4.69, 9.17) is 0 Å². The summed E-state index contributed by atoms with van der Waals surface area (Å²) < 4.78 is 42.0. The molecule has 0 bridgehead atoms. The first-order valence-electron chi connectivity index (χ1n) is 9.80. The van der Waals surface area contributed by atoms with Gasteiger partial charge >= 0.3 is 0 Å². The largest absolute Gasteiger partial charge is 0.393 e. The van der Waals surface area contributed by atoms with Crippen molar-refractivity contribution in [1.29, 1.82) is 0 Å². The van der Waals surface area contributed by atoms with Gasteiger partial charge in [-0.3, -0.25) is 9.59 Å². The molecule has 6 nitrogen and oxygen atoms in total. The molecule has 0 amide bonds. The van der Waals surface area contributed by atoms with Crippen molar-refractivity contribution in [2.45, 2.75) is 6.10 Å². The molecule has 3 aromatic carbocycles. The lowest BCUT2D eigenvalue weighted by molar-refractivity contribution is 0.0944. The van der Waals surface area contributed by atoms with E-state index in [-0.39, 0.29) is 16.9 Å². The second kappa shape index (κ2) is 8.89. The third-order valence-electron chi connectivity index (χ3n) is 5.09. The molecule has 168 valence electrons. The highest BCUT2D eigenvalue weighted by atomic mass is 19.2. The van der Waals surface area contributed by atoms with Gasteiger partial charge in [-0.1, -0.05) is 30.3 Å². The lowest BCUT2D eigenvalue weighted by Gasteiger charge is -2.13. The molecule has 0 spiro atoms. The van der Waals surface area contributed by atoms with Crippen LogP contribution < -0.4 is 10.6 Å². The predicted octanol–water partition coefficient (Wildman–Crippen LogP) is 3.94. The Balaban J connectivity index is 1.86. The fourth-order valence-electron chi connectivity index (χ4n) is 3.45. The first-order chi connectivity index (χ1) is 15.8. The van der Waals surface area contributed by atoms with Crippen LogP contribution in [0.2, 0.25) is 0 Å². The zero-order valence-corrected chi connectivity index (χ0v) is 16.9. The summed E-state index contributed by atoms with van der Waals surface area (Å²) in [5, 5.41) is 24.8. The first kappa shape index (κ1) is 22.3. The number of aliphatic hydroxyl groups is 2. The SMILES string of the molecule is O=C(C(C(=O)c1cc(F)cc(F)c1F)=C1Nc2ccccc2N1)c1cccc(C(O)CO)c1. The standard InChI is InChI=1S/C24H17F3N2O4/c25-14-9-15(21(27)16(26)10-14)23(33)20(24-28-17-6-1-2-7-18(17)29-24)22(32)13-5-3-4-12(8-13)19(31)11-30/h1-10,19,28-31H,11H2.